The van der Waals surface area contributed by atoms with E-state index in [1.807, 2.05) is 0 Å². The number of halogens is 2. The van der Waals surface area contributed by atoms with Gasteiger partial charge in [0.2, 0.25) is 0 Å². The van der Waals surface area contributed by atoms with Crippen LogP contribution in [-0.2, 0) is 6.42 Å². The third-order valence-corrected chi connectivity index (χ3v) is 4.27. The standard InChI is InChI=1S/C15H20ClFO/c16-13-8-5-9-14(17)12(13)10-15(18)11-6-3-1-2-4-7-11/h5,8-9,11,15,18H,1-4,6-7,10H2. The second-order valence-electron chi connectivity index (χ2n) is 5.22. The zero-order chi connectivity index (χ0) is 13.0. The summed E-state index contributed by atoms with van der Waals surface area (Å²) in [6, 6.07) is 4.68. The van der Waals surface area contributed by atoms with Gasteiger partial charge in [-0.05, 0) is 30.9 Å². The first-order chi connectivity index (χ1) is 8.68. The maximum Gasteiger partial charge on any atom is 0.127 e. The van der Waals surface area contributed by atoms with E-state index in [1.54, 1.807) is 12.1 Å². The van der Waals surface area contributed by atoms with Gasteiger partial charge in [-0.25, -0.2) is 4.39 Å². The molecule has 0 bridgehead atoms. The molecule has 1 fully saturated rings. The Morgan fingerprint density at radius 2 is 1.89 bits per heavy atom. The van der Waals surface area contributed by atoms with E-state index in [-0.39, 0.29) is 5.82 Å². The first kappa shape index (κ1) is 13.8. The minimum atomic E-state index is -0.475. The molecule has 0 saturated heterocycles. The van der Waals surface area contributed by atoms with Crippen molar-refractivity contribution in [2.45, 2.75) is 51.0 Å². The van der Waals surface area contributed by atoms with Crippen molar-refractivity contribution in [2.24, 2.45) is 5.92 Å². The molecule has 1 saturated carbocycles. The molecule has 1 aliphatic rings. The molecule has 0 radical (unpaired) electrons. The Balaban J connectivity index is 2.03. The van der Waals surface area contributed by atoms with E-state index in [4.69, 9.17) is 11.6 Å². The van der Waals surface area contributed by atoms with Crippen LogP contribution in [0.3, 0.4) is 0 Å². The number of hydrogen-bond acceptors (Lipinski definition) is 1. The lowest BCUT2D eigenvalue weighted by molar-refractivity contribution is 0.0978. The van der Waals surface area contributed by atoms with E-state index in [0.717, 1.165) is 12.8 Å². The van der Waals surface area contributed by atoms with Gasteiger partial charge in [-0.1, -0.05) is 43.4 Å². The molecule has 1 aromatic carbocycles. The van der Waals surface area contributed by atoms with Gasteiger partial charge in [0.1, 0.15) is 5.82 Å². The molecule has 1 nitrogen and oxygen atoms in total. The summed E-state index contributed by atoms with van der Waals surface area (Å²) in [7, 11) is 0. The predicted molar refractivity (Wildman–Crippen MR) is 72.3 cm³/mol. The predicted octanol–water partition coefficient (Wildman–Crippen LogP) is 4.35. The van der Waals surface area contributed by atoms with Gasteiger partial charge in [0.25, 0.3) is 0 Å². The number of aliphatic hydroxyl groups excluding tert-OH is 1. The largest absolute Gasteiger partial charge is 0.392 e. The van der Waals surface area contributed by atoms with Crippen molar-refractivity contribution in [2.75, 3.05) is 0 Å². The fraction of sp³-hybridized carbons (Fsp3) is 0.600. The Kier molecular flexibility index (Phi) is 5.02. The van der Waals surface area contributed by atoms with Crippen LogP contribution in [0.1, 0.15) is 44.1 Å². The quantitative estimate of drug-likeness (QED) is 0.810. The molecule has 1 N–H and O–H groups in total. The summed E-state index contributed by atoms with van der Waals surface area (Å²) in [6.07, 6.45) is 6.81. The van der Waals surface area contributed by atoms with Crippen LogP contribution in [0.4, 0.5) is 4.39 Å². The Labute approximate surface area is 113 Å². The second kappa shape index (κ2) is 6.53. The fourth-order valence-electron chi connectivity index (χ4n) is 2.80. The van der Waals surface area contributed by atoms with Crippen LogP contribution in [0.25, 0.3) is 0 Å². The number of rotatable bonds is 3. The Bertz CT molecular complexity index is 366. The summed E-state index contributed by atoms with van der Waals surface area (Å²) < 4.78 is 13.7. The van der Waals surface area contributed by atoms with Gasteiger partial charge in [0.05, 0.1) is 6.10 Å². The van der Waals surface area contributed by atoms with E-state index in [0.29, 0.717) is 22.9 Å². The van der Waals surface area contributed by atoms with Crippen molar-refractivity contribution in [3.05, 3.63) is 34.6 Å². The molecule has 0 amide bonds. The summed E-state index contributed by atoms with van der Waals surface area (Å²) >= 11 is 5.99. The van der Waals surface area contributed by atoms with E-state index < -0.39 is 6.10 Å². The zero-order valence-electron chi connectivity index (χ0n) is 10.5. The van der Waals surface area contributed by atoms with Crippen molar-refractivity contribution >= 4 is 11.6 Å². The van der Waals surface area contributed by atoms with Crippen LogP contribution in [0.5, 0.6) is 0 Å². The average Bonchev–Trinajstić information content (AvgIpc) is 2.62. The number of aliphatic hydroxyl groups is 1. The SMILES string of the molecule is OC(Cc1c(F)cccc1Cl)C1CCCCCC1. The van der Waals surface area contributed by atoms with Crippen LogP contribution in [0.2, 0.25) is 5.02 Å². The van der Waals surface area contributed by atoms with Gasteiger partial charge in [0, 0.05) is 17.0 Å². The normalized spacial score (nSPS) is 19.5. The molecular weight excluding hydrogens is 251 g/mol. The summed E-state index contributed by atoms with van der Waals surface area (Å²) in [5, 5.41) is 10.7. The first-order valence-electron chi connectivity index (χ1n) is 6.79. The lowest BCUT2D eigenvalue weighted by Crippen LogP contribution is -2.23. The summed E-state index contributed by atoms with van der Waals surface area (Å²) in [5.41, 5.74) is 0.455. The highest BCUT2D eigenvalue weighted by Gasteiger charge is 2.22. The summed E-state index contributed by atoms with van der Waals surface area (Å²) in [6.45, 7) is 0. The average molecular weight is 271 g/mol. The highest BCUT2D eigenvalue weighted by molar-refractivity contribution is 6.31. The lowest BCUT2D eigenvalue weighted by atomic mass is 9.90. The van der Waals surface area contributed by atoms with Crippen LogP contribution in [0, 0.1) is 11.7 Å². The molecule has 0 aliphatic heterocycles. The van der Waals surface area contributed by atoms with Gasteiger partial charge in [-0.15, -0.1) is 0 Å². The highest BCUT2D eigenvalue weighted by Crippen LogP contribution is 2.29. The van der Waals surface area contributed by atoms with E-state index in [2.05, 4.69) is 0 Å². The van der Waals surface area contributed by atoms with Gasteiger partial charge < -0.3 is 5.11 Å². The molecule has 1 unspecified atom stereocenters. The third kappa shape index (κ3) is 3.46. The molecular formula is C15H20ClFO. The van der Waals surface area contributed by atoms with Crippen molar-refractivity contribution in [3.8, 4) is 0 Å². The lowest BCUT2D eigenvalue weighted by Gasteiger charge is -2.21. The van der Waals surface area contributed by atoms with Gasteiger partial charge in [-0.3, -0.25) is 0 Å². The molecule has 0 heterocycles. The van der Waals surface area contributed by atoms with Gasteiger partial charge in [-0.2, -0.15) is 0 Å². The van der Waals surface area contributed by atoms with Gasteiger partial charge in [0.15, 0.2) is 0 Å². The first-order valence-corrected chi connectivity index (χ1v) is 7.17. The maximum atomic E-state index is 13.7. The Hall–Kier alpha value is -0.600. The summed E-state index contributed by atoms with van der Waals surface area (Å²) in [4.78, 5) is 0. The monoisotopic (exact) mass is 270 g/mol. The minimum Gasteiger partial charge on any atom is -0.392 e. The molecule has 3 heteroatoms. The van der Waals surface area contributed by atoms with E-state index >= 15 is 0 Å². The zero-order valence-corrected chi connectivity index (χ0v) is 11.3. The van der Waals surface area contributed by atoms with Crippen LogP contribution in [-0.4, -0.2) is 11.2 Å². The smallest absolute Gasteiger partial charge is 0.127 e. The third-order valence-electron chi connectivity index (χ3n) is 3.92. The molecule has 2 rings (SSSR count). The molecule has 100 valence electrons. The molecule has 1 aliphatic carbocycles. The molecule has 18 heavy (non-hydrogen) atoms. The second-order valence-corrected chi connectivity index (χ2v) is 5.63. The Morgan fingerprint density at radius 3 is 2.50 bits per heavy atom. The van der Waals surface area contributed by atoms with Crippen LogP contribution >= 0.6 is 11.6 Å². The van der Waals surface area contributed by atoms with Gasteiger partial charge >= 0.3 is 0 Å². The number of hydrogen-bond donors (Lipinski definition) is 1. The van der Waals surface area contributed by atoms with Crippen molar-refractivity contribution in [1.29, 1.82) is 0 Å². The maximum absolute atomic E-state index is 13.7. The van der Waals surface area contributed by atoms with Crippen LogP contribution in [0.15, 0.2) is 18.2 Å². The van der Waals surface area contributed by atoms with Crippen molar-refractivity contribution < 1.29 is 9.50 Å². The highest BCUT2D eigenvalue weighted by atomic mass is 35.5. The number of benzene rings is 1. The van der Waals surface area contributed by atoms with Crippen LogP contribution < -0.4 is 0 Å². The molecule has 1 aromatic rings. The molecule has 0 spiro atoms. The molecule has 1 atom stereocenters. The minimum absolute atomic E-state index is 0.295. The molecule has 0 aromatic heterocycles. The Morgan fingerprint density at radius 1 is 1.22 bits per heavy atom. The van der Waals surface area contributed by atoms with E-state index in [9.17, 15) is 9.50 Å². The topological polar surface area (TPSA) is 20.2 Å². The summed E-state index contributed by atoms with van der Waals surface area (Å²) in [5.74, 6) is -0.0154. The van der Waals surface area contributed by atoms with Crippen molar-refractivity contribution in [1.82, 2.24) is 0 Å². The fourth-order valence-corrected chi connectivity index (χ4v) is 3.04. The van der Waals surface area contributed by atoms with Crippen molar-refractivity contribution in [3.63, 3.8) is 0 Å². The van der Waals surface area contributed by atoms with E-state index in [1.165, 1.54) is 31.7 Å².